The summed E-state index contributed by atoms with van der Waals surface area (Å²) < 4.78 is 51.8. The highest BCUT2D eigenvalue weighted by Gasteiger charge is 2.61. The molecule has 0 N–H and O–H groups in total. The van der Waals surface area contributed by atoms with Crippen LogP contribution in [-0.2, 0) is 20.4 Å². The molecule has 0 radical (unpaired) electrons. The number of halogens is 1. The predicted molar refractivity (Wildman–Crippen MR) is 174 cm³/mol. The van der Waals surface area contributed by atoms with Crippen LogP contribution in [0, 0.1) is 0 Å². The number of sulfonamides is 1. The predicted octanol–water partition coefficient (Wildman–Crippen LogP) is 4.57. The molecule has 0 saturated carbocycles. The minimum atomic E-state index is -4.53. The lowest BCUT2D eigenvalue weighted by atomic mass is 9.82. The second-order valence-corrected chi connectivity index (χ2v) is 12.9. The van der Waals surface area contributed by atoms with E-state index in [0.717, 1.165) is 15.7 Å². The Kier molecular flexibility index (Phi) is 8.45. The van der Waals surface area contributed by atoms with E-state index >= 15 is 4.79 Å². The first-order valence-corrected chi connectivity index (χ1v) is 16.3. The molecule has 1 unspecified atom stereocenters. The van der Waals surface area contributed by atoms with Crippen molar-refractivity contribution in [2.24, 2.45) is 0 Å². The molecule has 4 aromatic rings. The highest BCUT2D eigenvalue weighted by Crippen LogP contribution is 2.53. The van der Waals surface area contributed by atoms with Gasteiger partial charge in [-0.05, 0) is 66.7 Å². The number of fused-ring (bicyclic) bond motifs is 1. The van der Waals surface area contributed by atoms with Crippen molar-refractivity contribution in [1.29, 1.82) is 0 Å². The van der Waals surface area contributed by atoms with E-state index in [4.69, 9.17) is 30.5 Å². The largest absolute Gasteiger partial charge is 0.497 e. The summed E-state index contributed by atoms with van der Waals surface area (Å²) >= 11 is 6.59. The Bertz CT molecular complexity index is 1880. The minimum absolute atomic E-state index is 0.0345. The summed E-state index contributed by atoms with van der Waals surface area (Å²) in [7, 11) is 1.39. The lowest BCUT2D eigenvalue weighted by molar-refractivity contribution is -0.127. The van der Waals surface area contributed by atoms with Crippen molar-refractivity contribution in [3.8, 4) is 23.1 Å². The van der Waals surface area contributed by atoms with Gasteiger partial charge in [0, 0.05) is 60.3 Å². The van der Waals surface area contributed by atoms with Crippen LogP contribution in [0.15, 0.2) is 83.9 Å². The van der Waals surface area contributed by atoms with Crippen molar-refractivity contribution < 1.29 is 32.2 Å². The SMILES string of the molecule is COc1ccc(N2CCN(C3(c4cccnc4OC)C(=O)N(S(=O)(=O)c4ccc(OC)cc4OC)c4ccc(Cl)cc43)CC2)cc1. The van der Waals surface area contributed by atoms with Crippen LogP contribution in [-0.4, -0.2) is 78.8 Å². The van der Waals surface area contributed by atoms with E-state index in [0.29, 0.717) is 48.1 Å². The van der Waals surface area contributed by atoms with Gasteiger partial charge in [0.25, 0.3) is 15.9 Å². The van der Waals surface area contributed by atoms with E-state index in [2.05, 4.69) is 9.88 Å². The molecular weight excluding hydrogens is 632 g/mol. The average Bonchev–Trinajstić information content (AvgIpc) is 3.36. The summed E-state index contributed by atoms with van der Waals surface area (Å²) in [6.45, 7) is 1.92. The lowest BCUT2D eigenvalue weighted by Crippen LogP contribution is -2.60. The lowest BCUT2D eigenvalue weighted by Gasteiger charge is -2.45. The summed E-state index contributed by atoms with van der Waals surface area (Å²) in [6.07, 6.45) is 1.56. The van der Waals surface area contributed by atoms with E-state index in [9.17, 15) is 8.42 Å². The molecule has 46 heavy (non-hydrogen) atoms. The topological polar surface area (TPSA) is 111 Å². The van der Waals surface area contributed by atoms with Gasteiger partial charge in [0.05, 0.1) is 34.1 Å². The Balaban J connectivity index is 1.52. The monoisotopic (exact) mass is 664 g/mol. The summed E-state index contributed by atoms with van der Waals surface area (Å²) in [5.41, 5.74) is 0.355. The first-order valence-electron chi connectivity index (χ1n) is 14.5. The van der Waals surface area contributed by atoms with Gasteiger partial charge in [-0.2, -0.15) is 0 Å². The molecule has 0 bridgehead atoms. The first kappa shape index (κ1) is 31.5. The summed E-state index contributed by atoms with van der Waals surface area (Å²) in [5.74, 6) is 0.685. The number of ether oxygens (including phenoxy) is 4. The molecule has 1 amide bonds. The molecule has 3 heterocycles. The fourth-order valence-corrected chi connectivity index (χ4v) is 8.10. The van der Waals surface area contributed by atoms with Gasteiger partial charge in [0.2, 0.25) is 5.88 Å². The molecule has 240 valence electrons. The molecule has 6 rings (SSSR count). The van der Waals surface area contributed by atoms with Crippen molar-refractivity contribution in [2.75, 3.05) is 63.8 Å². The highest BCUT2D eigenvalue weighted by atomic mass is 35.5. The third kappa shape index (κ3) is 4.97. The fraction of sp³-hybridized carbons (Fsp3) is 0.273. The Hall–Kier alpha value is -4.52. The molecule has 1 aromatic heterocycles. The molecule has 0 spiro atoms. The van der Waals surface area contributed by atoms with E-state index in [1.165, 1.54) is 39.5 Å². The van der Waals surface area contributed by atoms with Gasteiger partial charge >= 0.3 is 0 Å². The number of aromatic nitrogens is 1. The number of anilines is 2. The van der Waals surface area contributed by atoms with Gasteiger partial charge < -0.3 is 23.8 Å². The van der Waals surface area contributed by atoms with Crippen molar-refractivity contribution >= 4 is 38.9 Å². The second-order valence-electron chi connectivity index (χ2n) is 10.7. The fourth-order valence-electron chi connectivity index (χ4n) is 6.33. The van der Waals surface area contributed by atoms with Gasteiger partial charge in [-0.1, -0.05) is 11.6 Å². The van der Waals surface area contributed by atoms with Gasteiger partial charge in [-0.15, -0.1) is 0 Å². The number of piperazine rings is 1. The van der Waals surface area contributed by atoms with Gasteiger partial charge in [0.15, 0.2) is 5.54 Å². The summed E-state index contributed by atoms with van der Waals surface area (Å²) in [6, 6.07) is 20.3. The van der Waals surface area contributed by atoms with Crippen LogP contribution in [0.1, 0.15) is 11.1 Å². The third-order valence-corrected chi connectivity index (χ3v) is 10.5. The Morgan fingerprint density at radius 3 is 2.13 bits per heavy atom. The van der Waals surface area contributed by atoms with Crippen molar-refractivity contribution in [3.05, 3.63) is 95.1 Å². The molecular formula is C33H33ClN4O7S. The zero-order chi connectivity index (χ0) is 32.6. The summed E-state index contributed by atoms with van der Waals surface area (Å²) in [5, 5.41) is 0.344. The molecule has 11 nitrogen and oxygen atoms in total. The molecule has 2 aliphatic rings. The number of carbonyl (C=O) groups is 1. The minimum Gasteiger partial charge on any atom is -0.497 e. The maximum absolute atomic E-state index is 15.2. The molecule has 1 saturated heterocycles. The molecule has 1 atom stereocenters. The Morgan fingerprint density at radius 1 is 0.783 bits per heavy atom. The number of nitrogens with zero attached hydrogens (tertiary/aromatic N) is 4. The van der Waals surface area contributed by atoms with Crippen molar-refractivity contribution in [1.82, 2.24) is 9.88 Å². The third-order valence-electron chi connectivity index (χ3n) is 8.50. The van der Waals surface area contributed by atoms with Crippen molar-refractivity contribution in [3.63, 3.8) is 0 Å². The van der Waals surface area contributed by atoms with Gasteiger partial charge in [0.1, 0.15) is 22.1 Å². The van der Waals surface area contributed by atoms with Crippen LogP contribution in [0.5, 0.6) is 23.1 Å². The first-order chi connectivity index (χ1) is 22.2. The second kappa shape index (κ2) is 12.3. The molecule has 1 fully saturated rings. The maximum Gasteiger partial charge on any atom is 0.274 e. The molecule has 0 aliphatic carbocycles. The number of hydrogen-bond donors (Lipinski definition) is 0. The van der Waals surface area contributed by atoms with Gasteiger partial charge in [-0.3, -0.25) is 9.69 Å². The number of rotatable bonds is 9. The van der Waals surface area contributed by atoms with Crippen molar-refractivity contribution in [2.45, 2.75) is 10.4 Å². The van der Waals surface area contributed by atoms with Gasteiger partial charge in [-0.25, -0.2) is 17.7 Å². The van der Waals surface area contributed by atoms with Crippen LogP contribution in [0.25, 0.3) is 0 Å². The number of amides is 1. The van der Waals surface area contributed by atoms with Crippen LogP contribution in [0.3, 0.4) is 0 Å². The van der Waals surface area contributed by atoms with Crippen LogP contribution >= 0.6 is 11.6 Å². The van der Waals surface area contributed by atoms with Crippen LogP contribution < -0.4 is 28.2 Å². The van der Waals surface area contributed by atoms with Crippen LogP contribution in [0.4, 0.5) is 11.4 Å². The Labute approximate surface area is 272 Å². The average molecular weight is 665 g/mol. The number of hydrogen-bond acceptors (Lipinski definition) is 10. The summed E-state index contributed by atoms with van der Waals surface area (Å²) in [4.78, 5) is 23.6. The molecule has 2 aliphatic heterocycles. The smallest absolute Gasteiger partial charge is 0.274 e. The number of methoxy groups -OCH3 is 4. The van der Waals surface area contributed by atoms with E-state index < -0.39 is 21.5 Å². The maximum atomic E-state index is 15.2. The highest BCUT2D eigenvalue weighted by molar-refractivity contribution is 7.93. The quantitative estimate of drug-likeness (QED) is 0.252. The molecule has 3 aromatic carbocycles. The molecule has 13 heteroatoms. The number of benzene rings is 3. The zero-order valence-corrected chi connectivity index (χ0v) is 27.3. The van der Waals surface area contributed by atoms with Crippen LogP contribution in [0.2, 0.25) is 5.02 Å². The normalized spacial score (nSPS) is 18.3. The van der Waals surface area contributed by atoms with E-state index in [-0.39, 0.29) is 22.2 Å². The standard InChI is InChI=1S/C33H33ClN4O7S/c1-42-24-10-8-23(9-11-24)36-16-18-37(19-17-36)33(26-6-5-15-35-31(26)45-4)27-20-22(34)7-13-28(27)38(32(33)39)46(40,41)30-14-12-25(43-2)21-29(30)44-3/h5-15,20-21H,16-19H2,1-4H3. The van der Waals surface area contributed by atoms with E-state index in [1.807, 2.05) is 29.2 Å². The number of carbonyl (C=O) groups excluding carboxylic acids is 1. The zero-order valence-electron chi connectivity index (χ0n) is 25.8. The number of pyridine rings is 1. The Morgan fingerprint density at radius 2 is 1.48 bits per heavy atom. The van der Waals surface area contributed by atoms with E-state index in [1.54, 1.807) is 43.6 Å².